The van der Waals surface area contributed by atoms with Gasteiger partial charge in [-0.3, -0.25) is 0 Å². The van der Waals surface area contributed by atoms with Gasteiger partial charge in [0.25, 0.3) is 0 Å². The summed E-state index contributed by atoms with van der Waals surface area (Å²) in [4.78, 5) is 3.34. The third-order valence-electron chi connectivity index (χ3n) is 2.19. The van der Waals surface area contributed by atoms with Gasteiger partial charge in [0.1, 0.15) is 0 Å². The summed E-state index contributed by atoms with van der Waals surface area (Å²) in [5.74, 6) is -1.29. The van der Waals surface area contributed by atoms with Gasteiger partial charge in [-0.1, -0.05) is 12.1 Å². The van der Waals surface area contributed by atoms with Crippen molar-refractivity contribution in [1.82, 2.24) is 15.5 Å². The second-order valence-electron chi connectivity index (χ2n) is 3.60. The first-order valence-corrected chi connectivity index (χ1v) is 5.00. The van der Waals surface area contributed by atoms with Crippen LogP contribution < -0.4 is 5.32 Å². The fraction of sp³-hybridized carbons (Fsp3) is 0.778. The fourth-order valence-electron chi connectivity index (χ4n) is 1.26. The molecule has 1 rings (SSSR count). The highest BCUT2D eigenvalue weighted by atomic mass is 19.4. The number of nitrogens with one attached hydrogen (secondary N) is 1. The molecule has 1 aromatic heterocycles. The Morgan fingerprint density at radius 3 is 2.62 bits per heavy atom. The Balaban J connectivity index is 2.56. The molecule has 0 fully saturated rings. The van der Waals surface area contributed by atoms with Gasteiger partial charge in [0.2, 0.25) is 0 Å². The highest BCUT2D eigenvalue weighted by Gasteiger charge is 2.38. The number of nitrogens with zero attached hydrogens (tertiary/aromatic N) is 2. The summed E-state index contributed by atoms with van der Waals surface area (Å²) in [5.41, 5.74) is 0. The van der Waals surface area contributed by atoms with Crippen LogP contribution in [0.3, 0.4) is 0 Å². The van der Waals surface area contributed by atoms with Crippen molar-refractivity contribution in [2.24, 2.45) is 0 Å². The Morgan fingerprint density at radius 2 is 2.12 bits per heavy atom. The Hall–Kier alpha value is -1.11. The molecule has 4 nitrogen and oxygen atoms in total. The topological polar surface area (TPSA) is 51.0 Å². The molecule has 0 spiro atoms. The van der Waals surface area contributed by atoms with E-state index in [0.29, 0.717) is 0 Å². The van der Waals surface area contributed by atoms with Gasteiger partial charge in [-0.25, -0.2) is 0 Å². The SMILES string of the molecule is CNCCCC(C)c1noc(C(F)(F)F)n1. The van der Waals surface area contributed by atoms with Gasteiger partial charge in [0, 0.05) is 5.92 Å². The quantitative estimate of drug-likeness (QED) is 0.797. The van der Waals surface area contributed by atoms with E-state index >= 15 is 0 Å². The summed E-state index contributed by atoms with van der Waals surface area (Å²) in [5, 5.41) is 6.29. The molecule has 0 aliphatic heterocycles. The first-order valence-electron chi connectivity index (χ1n) is 5.00. The largest absolute Gasteiger partial charge is 0.471 e. The average Bonchev–Trinajstić information content (AvgIpc) is 2.66. The van der Waals surface area contributed by atoms with E-state index in [4.69, 9.17) is 0 Å². The number of hydrogen-bond acceptors (Lipinski definition) is 4. The zero-order valence-electron chi connectivity index (χ0n) is 9.14. The predicted molar refractivity (Wildman–Crippen MR) is 50.9 cm³/mol. The van der Waals surface area contributed by atoms with Crippen molar-refractivity contribution in [1.29, 1.82) is 0 Å². The van der Waals surface area contributed by atoms with Gasteiger partial charge in [-0.15, -0.1) is 0 Å². The lowest BCUT2D eigenvalue weighted by atomic mass is 10.1. The summed E-state index contributed by atoms with van der Waals surface area (Å²) in [6.45, 7) is 2.59. The van der Waals surface area contributed by atoms with Crippen molar-refractivity contribution in [3.8, 4) is 0 Å². The maximum atomic E-state index is 12.2. The molecule has 0 bridgehead atoms. The Bertz CT molecular complexity index is 324. The van der Waals surface area contributed by atoms with Crippen molar-refractivity contribution < 1.29 is 17.7 Å². The second-order valence-corrected chi connectivity index (χ2v) is 3.60. The molecule has 1 unspecified atom stereocenters. The van der Waals surface area contributed by atoms with E-state index in [0.717, 1.165) is 19.4 Å². The summed E-state index contributed by atoms with van der Waals surface area (Å²) >= 11 is 0. The van der Waals surface area contributed by atoms with Crippen molar-refractivity contribution in [3.63, 3.8) is 0 Å². The highest BCUT2D eigenvalue weighted by Crippen LogP contribution is 2.29. The van der Waals surface area contributed by atoms with Crippen LogP contribution >= 0.6 is 0 Å². The number of alkyl halides is 3. The van der Waals surface area contributed by atoms with Crippen molar-refractivity contribution in [3.05, 3.63) is 11.7 Å². The molecule has 7 heteroatoms. The lowest BCUT2D eigenvalue weighted by Gasteiger charge is -2.05. The normalized spacial score (nSPS) is 14.1. The fourth-order valence-corrected chi connectivity index (χ4v) is 1.26. The summed E-state index contributed by atoms with van der Waals surface area (Å²) in [7, 11) is 1.82. The van der Waals surface area contributed by atoms with Crippen LogP contribution in [0.2, 0.25) is 0 Å². The maximum Gasteiger partial charge on any atom is 0.471 e. The number of hydrogen-bond donors (Lipinski definition) is 1. The van der Waals surface area contributed by atoms with Gasteiger partial charge < -0.3 is 9.84 Å². The number of rotatable bonds is 5. The van der Waals surface area contributed by atoms with E-state index in [1.165, 1.54) is 0 Å². The van der Waals surface area contributed by atoms with Crippen molar-refractivity contribution in [2.75, 3.05) is 13.6 Å². The molecule has 0 aliphatic rings. The molecular formula is C9H14F3N3O. The highest BCUT2D eigenvalue weighted by molar-refractivity contribution is 4.95. The second kappa shape index (κ2) is 5.29. The molecule has 1 heterocycles. The predicted octanol–water partition coefficient (Wildman–Crippen LogP) is 2.19. The van der Waals surface area contributed by atoms with Gasteiger partial charge in [-0.2, -0.15) is 18.2 Å². The smallest absolute Gasteiger partial charge is 0.329 e. The van der Waals surface area contributed by atoms with Gasteiger partial charge in [0.05, 0.1) is 0 Å². The maximum absolute atomic E-state index is 12.2. The standard InChI is InChI=1S/C9H14F3N3O/c1-6(4-3-5-13-2)7-14-8(16-15-7)9(10,11)12/h6,13H,3-5H2,1-2H3. The molecule has 16 heavy (non-hydrogen) atoms. The third-order valence-corrected chi connectivity index (χ3v) is 2.19. The van der Waals surface area contributed by atoms with E-state index < -0.39 is 12.1 Å². The molecule has 0 saturated carbocycles. The molecule has 1 aromatic rings. The van der Waals surface area contributed by atoms with Crippen LogP contribution in [0.25, 0.3) is 0 Å². The van der Waals surface area contributed by atoms with Crippen LogP contribution in [-0.4, -0.2) is 23.7 Å². The third kappa shape index (κ3) is 3.48. The van der Waals surface area contributed by atoms with Crippen LogP contribution in [0.5, 0.6) is 0 Å². The summed E-state index contributed by atoms with van der Waals surface area (Å²) in [6.07, 6.45) is -2.98. The van der Waals surface area contributed by atoms with E-state index in [1.54, 1.807) is 6.92 Å². The van der Waals surface area contributed by atoms with E-state index in [9.17, 15) is 13.2 Å². The van der Waals surface area contributed by atoms with Crippen LogP contribution in [0, 0.1) is 0 Å². The minimum atomic E-state index is -4.56. The number of aromatic nitrogens is 2. The zero-order valence-corrected chi connectivity index (χ0v) is 9.14. The molecule has 92 valence electrons. The van der Waals surface area contributed by atoms with E-state index in [1.807, 2.05) is 7.05 Å². The van der Waals surface area contributed by atoms with Gasteiger partial charge >= 0.3 is 12.1 Å². The van der Waals surface area contributed by atoms with Gasteiger partial charge in [0.15, 0.2) is 5.82 Å². The summed E-state index contributed by atoms with van der Waals surface area (Å²) in [6, 6.07) is 0. The Morgan fingerprint density at radius 1 is 1.44 bits per heavy atom. The molecule has 1 atom stereocenters. The molecule has 0 aliphatic carbocycles. The molecular weight excluding hydrogens is 223 g/mol. The first-order chi connectivity index (χ1) is 7.45. The van der Waals surface area contributed by atoms with E-state index in [-0.39, 0.29) is 11.7 Å². The van der Waals surface area contributed by atoms with Crippen LogP contribution in [0.15, 0.2) is 4.52 Å². The molecule has 0 radical (unpaired) electrons. The lowest BCUT2D eigenvalue weighted by molar-refractivity contribution is -0.159. The van der Waals surface area contributed by atoms with Crippen LogP contribution in [0.1, 0.15) is 37.4 Å². The minimum Gasteiger partial charge on any atom is -0.329 e. The molecule has 0 saturated heterocycles. The zero-order chi connectivity index (χ0) is 12.2. The Labute approximate surface area is 91.2 Å². The monoisotopic (exact) mass is 237 g/mol. The van der Waals surface area contributed by atoms with Crippen LogP contribution in [-0.2, 0) is 6.18 Å². The van der Waals surface area contributed by atoms with Crippen molar-refractivity contribution >= 4 is 0 Å². The molecule has 0 amide bonds. The lowest BCUT2D eigenvalue weighted by Crippen LogP contribution is -2.09. The van der Waals surface area contributed by atoms with E-state index in [2.05, 4.69) is 20.0 Å². The molecule has 1 N–H and O–H groups in total. The Kier molecular flexibility index (Phi) is 4.28. The van der Waals surface area contributed by atoms with Gasteiger partial charge in [-0.05, 0) is 26.4 Å². The first kappa shape index (κ1) is 13.0. The van der Waals surface area contributed by atoms with Crippen LogP contribution in [0.4, 0.5) is 13.2 Å². The number of halogens is 3. The minimum absolute atomic E-state index is 0.114. The van der Waals surface area contributed by atoms with Crippen molar-refractivity contribution in [2.45, 2.75) is 31.9 Å². The summed E-state index contributed by atoms with van der Waals surface area (Å²) < 4.78 is 40.6. The molecule has 0 aromatic carbocycles. The average molecular weight is 237 g/mol.